The minimum atomic E-state index is -1.35. The van der Waals surface area contributed by atoms with Crippen molar-refractivity contribution in [2.45, 2.75) is 19.1 Å². The molecule has 0 aliphatic heterocycles. The van der Waals surface area contributed by atoms with Crippen LogP contribution < -0.4 is 0 Å². The van der Waals surface area contributed by atoms with Gasteiger partial charge in [-0.05, 0) is 13.8 Å². The molecule has 0 bridgehead atoms. The summed E-state index contributed by atoms with van der Waals surface area (Å²) < 4.78 is 10.2. The third-order valence-electron chi connectivity index (χ3n) is 1.06. The smallest absolute Gasteiger partial charge is 0.215 e. The van der Waals surface area contributed by atoms with Crippen molar-refractivity contribution in [2.24, 2.45) is 5.11 Å². The Morgan fingerprint density at radius 3 is 2.22 bits per heavy atom. The van der Waals surface area contributed by atoms with Gasteiger partial charge in [0.2, 0.25) is 5.28 Å². The van der Waals surface area contributed by atoms with E-state index in [1.807, 2.05) is 0 Å². The second kappa shape index (κ2) is 2.78. The van der Waals surface area contributed by atoms with Crippen LogP contribution in [0.25, 0.3) is 0 Å². The summed E-state index contributed by atoms with van der Waals surface area (Å²) in [4.78, 5) is 10.5. The highest BCUT2D eigenvalue weighted by Gasteiger charge is 2.29. The van der Waals surface area contributed by atoms with E-state index in [0.29, 0.717) is 0 Å². The van der Waals surface area contributed by atoms with Crippen molar-refractivity contribution in [1.29, 1.82) is 5.53 Å². The number of rotatable bonds is 3. The molecule has 1 atom stereocenters. The molecule has 1 unspecified atom stereocenters. The van der Waals surface area contributed by atoms with Crippen molar-refractivity contribution >= 4 is 14.2 Å². The Kier molecular flexibility index (Phi) is 2.59. The van der Waals surface area contributed by atoms with E-state index in [2.05, 4.69) is 5.11 Å². The molecule has 0 radical (unpaired) electrons. The van der Waals surface area contributed by atoms with Crippen LogP contribution in [0, 0.1) is 5.53 Å². The van der Waals surface area contributed by atoms with E-state index in [1.165, 1.54) is 13.8 Å². The van der Waals surface area contributed by atoms with Crippen LogP contribution in [0.15, 0.2) is 5.11 Å². The zero-order valence-electron chi connectivity index (χ0n) is 5.21. The van der Waals surface area contributed by atoms with Gasteiger partial charge in [-0.2, -0.15) is 5.11 Å². The lowest BCUT2D eigenvalue weighted by molar-refractivity contribution is -0.119. The normalized spacial score (nSPS) is 16.7. The van der Waals surface area contributed by atoms with E-state index in [4.69, 9.17) is 5.53 Å². The van der Waals surface area contributed by atoms with E-state index in [0.717, 1.165) is 0 Å². The molecule has 0 saturated heterocycles. The number of carbonyl (C=O) groups is 1. The van der Waals surface area contributed by atoms with E-state index < -0.39 is 13.7 Å². The second-order valence-corrected chi connectivity index (χ2v) is 2.83. The number of nitrogens with zero attached hydrogens (tertiary/aromatic N) is 1. The third kappa shape index (κ3) is 1.64. The van der Waals surface area contributed by atoms with Crippen LogP contribution in [-0.2, 0) is 9.36 Å². The van der Waals surface area contributed by atoms with Gasteiger partial charge in [-0.15, -0.1) is 0 Å². The summed E-state index contributed by atoms with van der Waals surface area (Å²) >= 11 is 0. The molecular weight excluding hydrogens is 139 g/mol. The maximum absolute atomic E-state index is 10.5. The standard InChI is InChI=1S/C4H7N2O2P/c1-3(7)4(2,6-5)9-8/h5H,1-2H3. The van der Waals surface area contributed by atoms with Crippen LogP contribution >= 0.6 is 8.46 Å². The zero-order valence-corrected chi connectivity index (χ0v) is 6.11. The first kappa shape index (κ1) is 8.37. The first-order valence-corrected chi connectivity index (χ1v) is 3.12. The van der Waals surface area contributed by atoms with Crippen molar-refractivity contribution < 1.29 is 9.36 Å². The monoisotopic (exact) mass is 146 g/mol. The summed E-state index contributed by atoms with van der Waals surface area (Å²) in [6.45, 7) is 2.60. The second-order valence-electron chi connectivity index (χ2n) is 1.78. The maximum atomic E-state index is 10.5. The number of hydrogen-bond acceptors (Lipinski definition) is 4. The van der Waals surface area contributed by atoms with Crippen LogP contribution in [0.2, 0.25) is 0 Å². The van der Waals surface area contributed by atoms with Gasteiger partial charge in [0.15, 0.2) is 14.2 Å². The predicted molar refractivity (Wildman–Crippen MR) is 31.8 cm³/mol. The summed E-state index contributed by atoms with van der Waals surface area (Å²) in [5, 5.41) is 1.57. The summed E-state index contributed by atoms with van der Waals surface area (Å²) in [6.07, 6.45) is 0. The predicted octanol–water partition coefficient (Wildman–Crippen LogP) is 1.61. The highest BCUT2D eigenvalue weighted by atomic mass is 31.1. The Balaban J connectivity index is 4.46. The van der Waals surface area contributed by atoms with Crippen LogP contribution in [0.3, 0.4) is 0 Å². The van der Waals surface area contributed by atoms with Gasteiger partial charge >= 0.3 is 0 Å². The Hall–Kier alpha value is -0.630. The Morgan fingerprint density at radius 1 is 1.78 bits per heavy atom. The fourth-order valence-corrected chi connectivity index (χ4v) is 0.333. The molecule has 50 valence electrons. The van der Waals surface area contributed by atoms with Crippen molar-refractivity contribution in [2.75, 3.05) is 0 Å². The molecule has 5 heteroatoms. The van der Waals surface area contributed by atoms with Gasteiger partial charge in [0.05, 0.1) is 0 Å². The van der Waals surface area contributed by atoms with E-state index in [1.54, 1.807) is 0 Å². The zero-order chi connectivity index (χ0) is 7.49. The quantitative estimate of drug-likeness (QED) is 0.485. The lowest BCUT2D eigenvalue weighted by atomic mass is 10.2. The fraction of sp³-hybridized carbons (Fsp3) is 0.750. The Morgan fingerprint density at radius 2 is 2.22 bits per heavy atom. The number of nitrogens with one attached hydrogen (secondary N) is 1. The van der Waals surface area contributed by atoms with Gasteiger partial charge in [-0.25, -0.2) is 5.53 Å². The highest BCUT2D eigenvalue weighted by molar-refractivity contribution is 7.27. The first-order valence-electron chi connectivity index (χ1n) is 2.31. The lowest BCUT2D eigenvalue weighted by Gasteiger charge is -2.07. The molecule has 0 heterocycles. The lowest BCUT2D eigenvalue weighted by Crippen LogP contribution is -2.22. The highest BCUT2D eigenvalue weighted by Crippen LogP contribution is 2.24. The van der Waals surface area contributed by atoms with Crippen molar-refractivity contribution in [3.63, 3.8) is 0 Å². The van der Waals surface area contributed by atoms with Gasteiger partial charge in [-0.3, -0.25) is 9.36 Å². The van der Waals surface area contributed by atoms with Crippen molar-refractivity contribution in [3.8, 4) is 0 Å². The molecule has 9 heavy (non-hydrogen) atoms. The Bertz CT molecular complexity index is 149. The molecule has 0 saturated carbocycles. The molecule has 0 aliphatic carbocycles. The summed E-state index contributed by atoms with van der Waals surface area (Å²) in [5.74, 6) is -0.367. The average molecular weight is 146 g/mol. The van der Waals surface area contributed by atoms with Gasteiger partial charge in [0.1, 0.15) is 0 Å². The van der Waals surface area contributed by atoms with E-state index >= 15 is 0 Å². The molecule has 0 aromatic heterocycles. The van der Waals surface area contributed by atoms with Crippen LogP contribution in [0.5, 0.6) is 0 Å². The van der Waals surface area contributed by atoms with Gasteiger partial charge < -0.3 is 0 Å². The molecule has 1 N–H and O–H groups in total. The third-order valence-corrected chi connectivity index (χ3v) is 1.83. The maximum Gasteiger partial charge on any atom is 0.215 e. The number of carbonyl (C=O) groups excluding carboxylic acids is 1. The van der Waals surface area contributed by atoms with E-state index in [-0.39, 0.29) is 5.78 Å². The SMILES string of the molecule is CC(=O)C(C)(N=N)P=O. The first-order chi connectivity index (χ1) is 4.06. The molecule has 0 spiro atoms. The van der Waals surface area contributed by atoms with Gasteiger partial charge in [-0.1, -0.05) is 0 Å². The number of Topliss-reactive ketones (excluding diaryl/α,β-unsaturated/α-hetero) is 1. The minimum Gasteiger partial charge on any atom is -0.296 e. The van der Waals surface area contributed by atoms with E-state index in [9.17, 15) is 9.36 Å². The summed E-state index contributed by atoms with van der Waals surface area (Å²) in [6, 6.07) is 0. The fourth-order valence-electron chi connectivity index (χ4n) is 0.163. The summed E-state index contributed by atoms with van der Waals surface area (Å²) in [7, 11) is -0.422. The number of ketones is 1. The van der Waals surface area contributed by atoms with Crippen molar-refractivity contribution in [1.82, 2.24) is 0 Å². The number of hydrogen-bond donors (Lipinski definition) is 1. The molecular formula is C4H7N2O2P. The van der Waals surface area contributed by atoms with Crippen molar-refractivity contribution in [3.05, 3.63) is 0 Å². The molecule has 0 aliphatic rings. The topological polar surface area (TPSA) is 70.3 Å². The van der Waals surface area contributed by atoms with Gasteiger partial charge in [0, 0.05) is 0 Å². The molecule has 0 amide bonds. The van der Waals surface area contributed by atoms with Gasteiger partial charge in [0.25, 0.3) is 0 Å². The molecule has 0 aromatic carbocycles. The molecule has 4 nitrogen and oxygen atoms in total. The molecule has 0 fully saturated rings. The van der Waals surface area contributed by atoms with Crippen LogP contribution in [0.1, 0.15) is 13.8 Å². The summed E-state index contributed by atoms with van der Waals surface area (Å²) in [5.41, 5.74) is 6.48. The largest absolute Gasteiger partial charge is 0.296 e. The van der Waals surface area contributed by atoms with Crippen LogP contribution in [0.4, 0.5) is 0 Å². The minimum absolute atomic E-state index is 0.367. The molecule has 0 rings (SSSR count). The average Bonchev–Trinajstić information content (AvgIpc) is 1.86. The Labute approximate surface area is 54.4 Å². The molecule has 0 aromatic rings. The van der Waals surface area contributed by atoms with Crippen LogP contribution in [-0.4, -0.2) is 11.1 Å².